The molecule has 3 nitrogen and oxygen atoms in total. The Morgan fingerprint density at radius 2 is 2.33 bits per heavy atom. The topological polar surface area (TPSA) is 42.9 Å². The molecule has 0 saturated carbocycles. The fourth-order valence-corrected chi connectivity index (χ4v) is 2.18. The molecule has 0 spiro atoms. The van der Waals surface area contributed by atoms with Gasteiger partial charge in [0.2, 0.25) is 0 Å². The molecule has 0 bridgehead atoms. The third-order valence-electron chi connectivity index (χ3n) is 1.89. The third-order valence-corrected chi connectivity index (χ3v) is 3.12. The van der Waals surface area contributed by atoms with Crippen molar-refractivity contribution in [1.29, 1.82) is 0 Å². The maximum absolute atomic E-state index is 11.8. The van der Waals surface area contributed by atoms with Crippen molar-refractivity contribution in [2.45, 2.75) is 6.42 Å². The Balaban J connectivity index is 2.15. The van der Waals surface area contributed by atoms with Crippen LogP contribution in [-0.2, 0) is 6.42 Å². The van der Waals surface area contributed by atoms with Gasteiger partial charge in [-0.3, -0.25) is 4.79 Å². The minimum Gasteiger partial charge on any atom is -0.294 e. The molecule has 0 aliphatic carbocycles. The van der Waals surface area contributed by atoms with Gasteiger partial charge in [-0.15, -0.1) is 5.10 Å². The van der Waals surface area contributed by atoms with Crippen LogP contribution in [0.5, 0.6) is 0 Å². The maximum atomic E-state index is 11.8. The van der Waals surface area contributed by atoms with Crippen LogP contribution in [0.1, 0.15) is 16.1 Å². The van der Waals surface area contributed by atoms with Crippen LogP contribution in [0.3, 0.4) is 0 Å². The van der Waals surface area contributed by atoms with E-state index in [1.165, 1.54) is 11.5 Å². The quantitative estimate of drug-likeness (QED) is 0.642. The van der Waals surface area contributed by atoms with Crippen molar-refractivity contribution in [2.75, 3.05) is 0 Å². The second kappa shape index (κ2) is 4.80. The van der Waals surface area contributed by atoms with Gasteiger partial charge in [-0.25, -0.2) is 0 Å². The molecular formula is C10H7IN2OS. The molecule has 1 aromatic heterocycles. The van der Waals surface area contributed by atoms with Crippen LogP contribution in [-0.4, -0.2) is 15.4 Å². The smallest absolute Gasteiger partial charge is 0.168 e. The molecule has 5 heteroatoms. The van der Waals surface area contributed by atoms with Gasteiger partial charge < -0.3 is 0 Å². The van der Waals surface area contributed by atoms with Gasteiger partial charge in [-0.2, -0.15) is 0 Å². The average Bonchev–Trinajstić information content (AvgIpc) is 2.70. The summed E-state index contributed by atoms with van der Waals surface area (Å²) in [5, 5.41) is 5.65. The Bertz CT molecular complexity index is 470. The molecule has 0 radical (unpaired) electrons. The first-order valence-corrected chi connectivity index (χ1v) is 6.22. The van der Waals surface area contributed by atoms with Crippen molar-refractivity contribution in [3.8, 4) is 0 Å². The molecule has 0 unspecified atom stereocenters. The molecule has 0 fully saturated rings. The van der Waals surface area contributed by atoms with Gasteiger partial charge in [0, 0.05) is 14.5 Å². The van der Waals surface area contributed by atoms with E-state index in [0.29, 0.717) is 6.42 Å². The molecule has 0 amide bonds. The molecule has 0 atom stereocenters. The molecule has 0 N–H and O–H groups in total. The van der Waals surface area contributed by atoms with Gasteiger partial charge in [0.25, 0.3) is 0 Å². The van der Waals surface area contributed by atoms with Gasteiger partial charge in [-0.1, -0.05) is 16.6 Å². The summed E-state index contributed by atoms with van der Waals surface area (Å²) in [4.78, 5) is 11.8. The predicted octanol–water partition coefficient (Wildman–Crippen LogP) is 2.57. The normalized spacial score (nSPS) is 10.2. The molecule has 0 aliphatic rings. The Morgan fingerprint density at radius 3 is 3.00 bits per heavy atom. The summed E-state index contributed by atoms with van der Waals surface area (Å²) in [7, 11) is 0. The molecule has 0 saturated heterocycles. The van der Waals surface area contributed by atoms with Crippen LogP contribution in [0.15, 0.2) is 29.6 Å². The number of Topliss-reactive ketones (excluding diaryl/α,β-unsaturated/α-hetero) is 1. The molecule has 2 aromatic rings. The highest BCUT2D eigenvalue weighted by atomic mass is 127. The van der Waals surface area contributed by atoms with E-state index in [1.54, 1.807) is 5.38 Å². The van der Waals surface area contributed by atoms with Crippen LogP contribution in [0.25, 0.3) is 0 Å². The highest BCUT2D eigenvalue weighted by molar-refractivity contribution is 14.1. The zero-order chi connectivity index (χ0) is 10.7. The predicted molar refractivity (Wildman–Crippen MR) is 67.1 cm³/mol. The van der Waals surface area contributed by atoms with Crippen molar-refractivity contribution in [3.05, 3.63) is 44.5 Å². The van der Waals surface area contributed by atoms with Crippen LogP contribution in [0.4, 0.5) is 0 Å². The Kier molecular flexibility index (Phi) is 3.42. The highest BCUT2D eigenvalue weighted by Crippen LogP contribution is 2.10. The van der Waals surface area contributed by atoms with Crippen LogP contribution in [0, 0.1) is 3.57 Å². The number of aromatic nitrogens is 2. The van der Waals surface area contributed by atoms with E-state index in [-0.39, 0.29) is 5.78 Å². The SMILES string of the molecule is O=C(Cc1csnn1)c1cccc(I)c1. The number of nitrogens with zero attached hydrogens (tertiary/aromatic N) is 2. The number of hydrogen-bond donors (Lipinski definition) is 0. The number of rotatable bonds is 3. The fraction of sp³-hybridized carbons (Fsp3) is 0.100. The summed E-state index contributed by atoms with van der Waals surface area (Å²) in [5.74, 6) is 0.0845. The van der Waals surface area contributed by atoms with Crippen molar-refractivity contribution in [3.63, 3.8) is 0 Å². The van der Waals surface area contributed by atoms with E-state index in [4.69, 9.17) is 0 Å². The molecule has 76 valence electrons. The summed E-state index contributed by atoms with van der Waals surface area (Å²) < 4.78 is 4.79. The number of halogens is 1. The Labute approximate surface area is 105 Å². The third kappa shape index (κ3) is 2.82. The first-order chi connectivity index (χ1) is 7.25. The second-order valence-corrected chi connectivity index (χ2v) is 4.86. The summed E-state index contributed by atoms with van der Waals surface area (Å²) in [5.41, 5.74) is 1.47. The molecule has 15 heavy (non-hydrogen) atoms. The molecule has 0 aliphatic heterocycles. The van der Waals surface area contributed by atoms with Crippen molar-refractivity contribution >= 4 is 39.9 Å². The number of carbonyl (C=O) groups excluding carboxylic acids is 1. The largest absolute Gasteiger partial charge is 0.294 e. The van der Waals surface area contributed by atoms with Crippen molar-refractivity contribution in [1.82, 2.24) is 9.59 Å². The lowest BCUT2D eigenvalue weighted by molar-refractivity contribution is 0.0992. The van der Waals surface area contributed by atoms with E-state index in [0.717, 1.165) is 14.8 Å². The van der Waals surface area contributed by atoms with Crippen molar-refractivity contribution in [2.24, 2.45) is 0 Å². The minimum absolute atomic E-state index is 0.0845. The first-order valence-electron chi connectivity index (χ1n) is 4.30. The zero-order valence-corrected chi connectivity index (χ0v) is 10.7. The van der Waals surface area contributed by atoms with Crippen molar-refractivity contribution < 1.29 is 4.79 Å². The summed E-state index contributed by atoms with van der Waals surface area (Å²) in [6.45, 7) is 0. The molecule has 1 aromatic carbocycles. The van der Waals surface area contributed by atoms with Crippen LogP contribution < -0.4 is 0 Å². The molecule has 1 heterocycles. The lowest BCUT2D eigenvalue weighted by Gasteiger charge is -1.98. The van der Waals surface area contributed by atoms with Gasteiger partial charge in [0.05, 0.1) is 12.1 Å². The van der Waals surface area contributed by atoms with Gasteiger partial charge in [0.15, 0.2) is 5.78 Å². The zero-order valence-electron chi connectivity index (χ0n) is 7.68. The molecule has 2 rings (SSSR count). The Hall–Kier alpha value is -0.820. The van der Waals surface area contributed by atoms with E-state index in [1.807, 2.05) is 24.3 Å². The average molecular weight is 330 g/mol. The summed E-state index contributed by atoms with van der Waals surface area (Å²) in [6.07, 6.45) is 0.330. The van der Waals surface area contributed by atoms with E-state index >= 15 is 0 Å². The van der Waals surface area contributed by atoms with Gasteiger partial charge in [-0.05, 0) is 46.3 Å². The number of carbonyl (C=O) groups is 1. The molecular weight excluding hydrogens is 323 g/mol. The minimum atomic E-state index is 0.0845. The number of ketones is 1. The van der Waals surface area contributed by atoms with E-state index in [9.17, 15) is 4.79 Å². The van der Waals surface area contributed by atoms with E-state index in [2.05, 4.69) is 32.2 Å². The lowest BCUT2D eigenvalue weighted by Crippen LogP contribution is -2.03. The first kappa shape index (κ1) is 10.7. The lowest BCUT2D eigenvalue weighted by atomic mass is 10.1. The second-order valence-electron chi connectivity index (χ2n) is 3.01. The summed E-state index contributed by atoms with van der Waals surface area (Å²) >= 11 is 3.46. The standard InChI is InChI=1S/C10H7IN2OS/c11-8-3-1-2-7(4-8)10(14)5-9-6-15-13-12-9/h1-4,6H,5H2. The van der Waals surface area contributed by atoms with E-state index < -0.39 is 0 Å². The van der Waals surface area contributed by atoms with Crippen LogP contribution >= 0.6 is 34.1 Å². The van der Waals surface area contributed by atoms with Crippen LogP contribution in [0.2, 0.25) is 0 Å². The highest BCUT2D eigenvalue weighted by Gasteiger charge is 2.08. The monoisotopic (exact) mass is 330 g/mol. The fourth-order valence-electron chi connectivity index (χ4n) is 1.19. The Morgan fingerprint density at radius 1 is 1.47 bits per heavy atom. The van der Waals surface area contributed by atoms with Gasteiger partial charge >= 0.3 is 0 Å². The number of benzene rings is 1. The van der Waals surface area contributed by atoms with Gasteiger partial charge in [0.1, 0.15) is 0 Å². The summed E-state index contributed by atoms with van der Waals surface area (Å²) in [6, 6.07) is 7.54. The maximum Gasteiger partial charge on any atom is 0.168 e. The number of hydrogen-bond acceptors (Lipinski definition) is 4.